The van der Waals surface area contributed by atoms with Crippen molar-refractivity contribution in [1.82, 2.24) is 0 Å². The van der Waals surface area contributed by atoms with E-state index in [9.17, 15) is 0 Å². The predicted octanol–water partition coefficient (Wildman–Crippen LogP) is 5.21. The Morgan fingerprint density at radius 1 is 0.792 bits per heavy atom. The summed E-state index contributed by atoms with van der Waals surface area (Å²) in [5, 5.41) is 0. The molecule has 0 aliphatic rings. The first kappa shape index (κ1) is 16.8. The summed E-state index contributed by atoms with van der Waals surface area (Å²) in [7, 11) is 1.45. The second-order valence-electron chi connectivity index (χ2n) is 7.09. The van der Waals surface area contributed by atoms with Crippen LogP contribution in [0, 0.1) is 6.92 Å². The minimum absolute atomic E-state index is 0.706. The Bertz CT molecular complexity index is 861. The molecule has 0 spiro atoms. The highest BCUT2D eigenvalue weighted by atomic mass is 32.3. The fourth-order valence-electron chi connectivity index (χ4n) is 2.93. The van der Waals surface area contributed by atoms with Crippen molar-refractivity contribution in [1.29, 1.82) is 0 Å². The molecule has 0 saturated heterocycles. The maximum absolute atomic E-state index is 2.34. The molecule has 1 heterocycles. The second-order valence-corrected chi connectivity index (χ2v) is 11.2. The van der Waals surface area contributed by atoms with Crippen molar-refractivity contribution in [3.63, 3.8) is 0 Å². The van der Waals surface area contributed by atoms with Gasteiger partial charge in [-0.15, -0.1) is 0 Å². The van der Waals surface area contributed by atoms with Crippen LogP contribution < -0.4 is 4.57 Å². The molecule has 0 amide bonds. The van der Waals surface area contributed by atoms with Crippen LogP contribution in [0.3, 0.4) is 0 Å². The Labute approximate surface area is 147 Å². The van der Waals surface area contributed by atoms with Gasteiger partial charge in [0.15, 0.2) is 6.20 Å². The van der Waals surface area contributed by atoms with Gasteiger partial charge in [0, 0.05) is 11.6 Å². The van der Waals surface area contributed by atoms with Crippen LogP contribution in [0.2, 0.25) is 0 Å². The van der Waals surface area contributed by atoms with Crippen molar-refractivity contribution in [3.8, 4) is 22.4 Å². The fraction of sp³-hybridized carbons (Fsp3) is 0.227. The van der Waals surface area contributed by atoms with Gasteiger partial charge in [0.25, 0.3) is 0 Å². The molecule has 24 heavy (non-hydrogen) atoms. The van der Waals surface area contributed by atoms with E-state index in [-0.39, 0.29) is 0 Å². The smallest absolute Gasteiger partial charge is 0.212 e. The van der Waals surface area contributed by atoms with Crippen molar-refractivity contribution < 1.29 is 4.57 Å². The fourth-order valence-corrected chi connectivity index (χ4v) is 3.88. The third-order valence-electron chi connectivity index (χ3n) is 4.43. The number of hydrogen-bond donors (Lipinski definition) is 0. The standard InChI is InChI=1S/C22H26NS/c1-17-11-12-19(18-9-7-6-8-10-18)15-21(17)22-14-13-20(16-23(22)2)24(3,4)5/h6-16H,1-5H3/q+1. The SMILES string of the molecule is Cc1ccc(-c2ccccc2)cc1-c1ccc(S(C)(C)C)c[n+]1C. The van der Waals surface area contributed by atoms with Crippen molar-refractivity contribution in [2.75, 3.05) is 18.8 Å². The zero-order chi connectivity index (χ0) is 17.3. The zero-order valence-corrected chi connectivity index (χ0v) is 16.0. The molecule has 0 N–H and O–H groups in total. The topological polar surface area (TPSA) is 3.88 Å². The van der Waals surface area contributed by atoms with E-state index in [4.69, 9.17) is 0 Å². The van der Waals surface area contributed by atoms with Crippen molar-refractivity contribution in [2.45, 2.75) is 11.8 Å². The molecule has 3 aromatic rings. The second kappa shape index (κ2) is 6.45. The molecule has 0 saturated carbocycles. The average molecular weight is 337 g/mol. The van der Waals surface area contributed by atoms with E-state index in [0.29, 0.717) is 0 Å². The maximum atomic E-state index is 2.34. The van der Waals surface area contributed by atoms with Gasteiger partial charge in [-0.05, 0) is 54.5 Å². The molecule has 1 aromatic heterocycles. The number of nitrogens with zero attached hydrogens (tertiary/aromatic N) is 1. The van der Waals surface area contributed by atoms with E-state index in [0.717, 1.165) is 0 Å². The lowest BCUT2D eigenvalue weighted by Gasteiger charge is -2.24. The van der Waals surface area contributed by atoms with Gasteiger partial charge in [-0.25, -0.2) is 10.0 Å². The van der Waals surface area contributed by atoms with Gasteiger partial charge in [0.05, 0.1) is 4.90 Å². The van der Waals surface area contributed by atoms with Crippen molar-refractivity contribution in [3.05, 3.63) is 72.4 Å². The van der Waals surface area contributed by atoms with Gasteiger partial charge >= 0.3 is 0 Å². The van der Waals surface area contributed by atoms with Crippen LogP contribution >= 0.6 is 10.0 Å². The lowest BCUT2D eigenvalue weighted by Crippen LogP contribution is -2.31. The molecular formula is C22H26NS+. The summed E-state index contributed by atoms with van der Waals surface area (Å²) >= 11 is 0. The first-order valence-corrected chi connectivity index (χ1v) is 11.1. The normalized spacial score (nSPS) is 12.2. The molecule has 0 bridgehead atoms. The molecule has 124 valence electrons. The van der Waals surface area contributed by atoms with Crippen molar-refractivity contribution >= 4 is 10.0 Å². The number of pyridine rings is 1. The summed E-state index contributed by atoms with van der Waals surface area (Å²) in [5.41, 5.74) is 6.40. The lowest BCUT2D eigenvalue weighted by atomic mass is 9.97. The monoisotopic (exact) mass is 336 g/mol. The highest BCUT2D eigenvalue weighted by Crippen LogP contribution is 2.44. The number of rotatable bonds is 3. The molecular weight excluding hydrogens is 310 g/mol. The number of aromatic nitrogens is 1. The first-order valence-electron chi connectivity index (χ1n) is 8.21. The molecule has 2 heteroatoms. The molecule has 0 unspecified atom stereocenters. The van der Waals surface area contributed by atoms with E-state index in [1.54, 1.807) is 0 Å². The van der Waals surface area contributed by atoms with Crippen LogP contribution in [0.1, 0.15) is 5.56 Å². The van der Waals surface area contributed by atoms with Gasteiger partial charge < -0.3 is 0 Å². The molecule has 0 fully saturated rings. The number of aryl methyl sites for hydroxylation is 2. The van der Waals surface area contributed by atoms with Crippen LogP contribution in [-0.2, 0) is 7.05 Å². The Morgan fingerprint density at radius 2 is 1.50 bits per heavy atom. The van der Waals surface area contributed by atoms with E-state index >= 15 is 0 Å². The molecule has 3 rings (SSSR count). The van der Waals surface area contributed by atoms with E-state index in [1.165, 1.54) is 32.8 Å². The van der Waals surface area contributed by atoms with Crippen LogP contribution in [0.5, 0.6) is 0 Å². The van der Waals surface area contributed by atoms with Crippen LogP contribution in [0.4, 0.5) is 0 Å². The minimum atomic E-state index is -0.706. The van der Waals surface area contributed by atoms with Gasteiger partial charge in [-0.1, -0.05) is 42.5 Å². The number of hydrogen-bond acceptors (Lipinski definition) is 0. The molecule has 0 aliphatic heterocycles. The highest BCUT2D eigenvalue weighted by molar-refractivity contribution is 8.32. The summed E-state index contributed by atoms with van der Waals surface area (Å²) in [6, 6.07) is 21.9. The van der Waals surface area contributed by atoms with Crippen molar-refractivity contribution in [2.24, 2.45) is 7.05 Å². The molecule has 2 aromatic carbocycles. The summed E-state index contributed by atoms with van der Waals surface area (Å²) in [6.45, 7) is 2.19. The summed E-state index contributed by atoms with van der Waals surface area (Å²) in [6.07, 6.45) is 9.30. The van der Waals surface area contributed by atoms with Crippen LogP contribution in [0.25, 0.3) is 22.4 Å². The molecule has 1 nitrogen and oxygen atoms in total. The van der Waals surface area contributed by atoms with E-state index in [1.807, 2.05) is 0 Å². The molecule has 0 atom stereocenters. The quantitative estimate of drug-likeness (QED) is 0.578. The Hall–Kier alpha value is -2.06. The van der Waals surface area contributed by atoms with Crippen LogP contribution in [-0.4, -0.2) is 18.8 Å². The summed E-state index contributed by atoms with van der Waals surface area (Å²) in [4.78, 5) is 1.44. The highest BCUT2D eigenvalue weighted by Gasteiger charge is 2.17. The predicted molar refractivity (Wildman–Crippen MR) is 107 cm³/mol. The maximum Gasteiger partial charge on any atom is 0.212 e. The van der Waals surface area contributed by atoms with E-state index < -0.39 is 10.0 Å². The van der Waals surface area contributed by atoms with Crippen LogP contribution in [0.15, 0.2) is 71.8 Å². The third-order valence-corrected chi connectivity index (χ3v) is 6.09. The Kier molecular flexibility index (Phi) is 4.51. The van der Waals surface area contributed by atoms with E-state index in [2.05, 4.69) is 104 Å². The minimum Gasteiger partial charge on any atom is -0.218 e. The average Bonchev–Trinajstić information content (AvgIpc) is 2.55. The first-order chi connectivity index (χ1) is 11.4. The van der Waals surface area contributed by atoms with Gasteiger partial charge in [0.1, 0.15) is 7.05 Å². The molecule has 0 radical (unpaired) electrons. The third kappa shape index (κ3) is 3.39. The number of benzene rings is 2. The van der Waals surface area contributed by atoms with Gasteiger partial charge in [-0.2, -0.15) is 4.57 Å². The molecule has 0 aliphatic carbocycles. The van der Waals surface area contributed by atoms with Gasteiger partial charge in [0.2, 0.25) is 5.69 Å². The lowest BCUT2D eigenvalue weighted by molar-refractivity contribution is -0.662. The largest absolute Gasteiger partial charge is 0.218 e. The zero-order valence-electron chi connectivity index (χ0n) is 15.2. The summed E-state index contributed by atoms with van der Waals surface area (Å²) < 4.78 is 2.27. The van der Waals surface area contributed by atoms with Gasteiger partial charge in [-0.3, -0.25) is 0 Å². The Morgan fingerprint density at radius 3 is 2.12 bits per heavy atom. The Balaban J connectivity index is 2.10. The summed E-state index contributed by atoms with van der Waals surface area (Å²) in [5.74, 6) is 0.